The average Bonchev–Trinajstić information content (AvgIpc) is 2.96. The molecule has 1 aliphatic heterocycles. The summed E-state index contributed by atoms with van der Waals surface area (Å²) in [4.78, 5) is -0.986. The van der Waals surface area contributed by atoms with E-state index in [4.69, 9.17) is 0 Å². The van der Waals surface area contributed by atoms with E-state index in [2.05, 4.69) is 4.74 Å². The summed E-state index contributed by atoms with van der Waals surface area (Å²) in [6.07, 6.45) is 0. The van der Waals surface area contributed by atoms with E-state index in [1.54, 1.807) is 6.92 Å². The van der Waals surface area contributed by atoms with Crippen LogP contribution in [-0.4, -0.2) is 22.3 Å². The zero-order chi connectivity index (χ0) is 13.9. The standard InChI is InChI=1S/C8H5F3O5S2/c1-4-2-3-5(7-6(4)16-7)17(12,13)18(14,15)8(9,10)11/h2-3H,1H3. The molecular formula is C8H5F3O5S2. The van der Waals surface area contributed by atoms with Gasteiger partial charge in [0.1, 0.15) is 4.90 Å². The smallest absolute Gasteiger partial charge is 0.448 e. The molecule has 5 nitrogen and oxygen atoms in total. The SMILES string of the molecule is Cc1ccc(S(=O)(=O)S(=O)(=O)C(F)(F)F)c2c1O2. The van der Waals surface area contributed by atoms with Gasteiger partial charge in [-0.15, -0.1) is 0 Å². The van der Waals surface area contributed by atoms with Gasteiger partial charge >= 0.3 is 14.4 Å². The van der Waals surface area contributed by atoms with E-state index in [0.717, 1.165) is 6.07 Å². The molecule has 0 saturated heterocycles. The van der Waals surface area contributed by atoms with Crippen LogP contribution >= 0.6 is 0 Å². The van der Waals surface area contributed by atoms with Crippen molar-refractivity contribution in [3.8, 4) is 11.5 Å². The zero-order valence-corrected chi connectivity index (χ0v) is 10.3. The van der Waals surface area contributed by atoms with Gasteiger partial charge in [-0.25, -0.2) is 16.8 Å². The van der Waals surface area contributed by atoms with E-state index < -0.39 is 28.1 Å². The Morgan fingerprint density at radius 3 is 2.11 bits per heavy atom. The third-order valence-electron chi connectivity index (χ3n) is 2.28. The molecule has 1 aromatic carbocycles. The quantitative estimate of drug-likeness (QED) is 0.623. The zero-order valence-electron chi connectivity index (χ0n) is 8.65. The Labute approximate surface area is 99.4 Å². The topological polar surface area (TPSA) is 80.8 Å². The van der Waals surface area contributed by atoms with Gasteiger partial charge in [0.05, 0.1) is 0 Å². The number of fused-ring (bicyclic) bond motifs is 1. The van der Waals surface area contributed by atoms with Crippen LogP contribution in [0.1, 0.15) is 5.56 Å². The Hall–Kier alpha value is -1.29. The fourth-order valence-electron chi connectivity index (χ4n) is 1.29. The molecule has 1 heterocycles. The fraction of sp³-hybridized carbons (Fsp3) is 0.250. The summed E-state index contributed by atoms with van der Waals surface area (Å²) in [6, 6.07) is 1.95. The van der Waals surface area contributed by atoms with Gasteiger partial charge in [-0.2, -0.15) is 13.2 Å². The first kappa shape index (κ1) is 13.1. The van der Waals surface area contributed by atoms with Crippen LogP contribution in [0, 0.1) is 6.92 Å². The minimum absolute atomic E-state index is 0.0912. The highest BCUT2D eigenvalue weighted by atomic mass is 33.2. The highest BCUT2D eigenvalue weighted by molar-refractivity contribution is 8.67. The Kier molecular flexibility index (Phi) is 2.47. The highest BCUT2D eigenvalue weighted by Gasteiger charge is 2.57. The van der Waals surface area contributed by atoms with Crippen molar-refractivity contribution in [2.45, 2.75) is 17.3 Å². The Morgan fingerprint density at radius 2 is 1.61 bits per heavy atom. The molecule has 0 spiro atoms. The minimum Gasteiger partial charge on any atom is -0.448 e. The number of benzene rings is 1. The van der Waals surface area contributed by atoms with Crippen molar-refractivity contribution in [1.29, 1.82) is 0 Å². The molecule has 2 rings (SSSR count). The van der Waals surface area contributed by atoms with Crippen LogP contribution in [-0.2, 0) is 17.7 Å². The molecule has 18 heavy (non-hydrogen) atoms. The molecule has 0 unspecified atom stereocenters. The van der Waals surface area contributed by atoms with Gasteiger partial charge in [0.15, 0.2) is 11.5 Å². The molecule has 0 N–H and O–H groups in total. The summed E-state index contributed by atoms with van der Waals surface area (Å²) in [5.41, 5.74) is -5.37. The first-order chi connectivity index (χ1) is 8.00. The maximum atomic E-state index is 12.2. The Bertz CT molecular complexity index is 731. The maximum Gasteiger partial charge on any atom is 0.512 e. The van der Waals surface area contributed by atoms with E-state index in [0.29, 0.717) is 5.56 Å². The second-order valence-corrected chi connectivity index (χ2v) is 8.85. The average molecular weight is 302 g/mol. The molecular weight excluding hydrogens is 297 g/mol. The lowest BCUT2D eigenvalue weighted by atomic mass is 10.2. The molecule has 0 radical (unpaired) electrons. The van der Waals surface area contributed by atoms with E-state index in [-0.39, 0.29) is 11.5 Å². The van der Waals surface area contributed by atoms with Crippen molar-refractivity contribution >= 4 is 17.7 Å². The van der Waals surface area contributed by atoms with Crippen molar-refractivity contribution < 1.29 is 34.7 Å². The molecule has 0 amide bonds. The lowest BCUT2D eigenvalue weighted by Crippen LogP contribution is -2.30. The Morgan fingerprint density at radius 1 is 1.06 bits per heavy atom. The van der Waals surface area contributed by atoms with Crippen LogP contribution in [0.4, 0.5) is 13.2 Å². The van der Waals surface area contributed by atoms with Gasteiger partial charge in [0.2, 0.25) is 0 Å². The van der Waals surface area contributed by atoms with Crippen molar-refractivity contribution in [3.63, 3.8) is 0 Å². The second-order valence-electron chi connectivity index (χ2n) is 3.49. The molecule has 0 aromatic heterocycles. The van der Waals surface area contributed by atoms with Crippen molar-refractivity contribution in [2.24, 2.45) is 0 Å². The normalized spacial score (nSPS) is 14.9. The van der Waals surface area contributed by atoms with Crippen molar-refractivity contribution in [3.05, 3.63) is 17.7 Å². The van der Waals surface area contributed by atoms with Crippen LogP contribution in [0.2, 0.25) is 0 Å². The van der Waals surface area contributed by atoms with Crippen LogP contribution in [0.3, 0.4) is 0 Å². The number of aryl methyl sites for hydroxylation is 1. The second kappa shape index (κ2) is 3.38. The fourth-order valence-corrected chi connectivity index (χ4v) is 4.22. The van der Waals surface area contributed by atoms with Gasteiger partial charge in [-0.3, -0.25) is 0 Å². The van der Waals surface area contributed by atoms with Gasteiger partial charge in [0, 0.05) is 0 Å². The lowest BCUT2D eigenvalue weighted by molar-refractivity contribution is -0.0412. The van der Waals surface area contributed by atoms with E-state index in [1.807, 2.05) is 0 Å². The van der Waals surface area contributed by atoms with Crippen LogP contribution in [0.5, 0.6) is 11.5 Å². The predicted octanol–water partition coefficient (Wildman–Crippen LogP) is 1.72. The summed E-state index contributed by atoms with van der Waals surface area (Å²) in [5.74, 6) is -0.253. The van der Waals surface area contributed by atoms with Gasteiger partial charge in [-0.05, 0) is 18.6 Å². The third kappa shape index (κ3) is 1.59. The minimum atomic E-state index is -6.34. The molecule has 0 saturated carbocycles. The molecule has 0 fully saturated rings. The first-order valence-corrected chi connectivity index (χ1v) is 7.86. The highest BCUT2D eigenvalue weighted by Crippen LogP contribution is 2.53. The summed E-state index contributed by atoms with van der Waals surface area (Å²) >= 11 is 0. The monoisotopic (exact) mass is 302 g/mol. The van der Waals surface area contributed by atoms with Crippen LogP contribution < -0.4 is 4.74 Å². The van der Waals surface area contributed by atoms with E-state index in [9.17, 15) is 30.0 Å². The van der Waals surface area contributed by atoms with Gasteiger partial charge in [-0.1, -0.05) is 6.07 Å². The van der Waals surface area contributed by atoms with Crippen molar-refractivity contribution in [1.82, 2.24) is 0 Å². The number of ether oxygens (including phenoxy) is 1. The van der Waals surface area contributed by atoms with Crippen LogP contribution in [0.15, 0.2) is 17.0 Å². The number of rotatable bonds is 2. The number of hydrogen-bond acceptors (Lipinski definition) is 5. The molecule has 10 heteroatoms. The first-order valence-electron chi connectivity index (χ1n) is 4.38. The molecule has 1 aliphatic rings. The third-order valence-corrected chi connectivity index (χ3v) is 7.12. The Balaban J connectivity index is 2.66. The predicted molar refractivity (Wildman–Crippen MR) is 53.4 cm³/mol. The van der Waals surface area contributed by atoms with Crippen molar-refractivity contribution in [2.75, 3.05) is 0 Å². The number of alkyl halides is 3. The lowest BCUT2D eigenvalue weighted by Gasteiger charge is -2.07. The number of hydrogen-bond donors (Lipinski definition) is 0. The molecule has 100 valence electrons. The largest absolute Gasteiger partial charge is 0.512 e. The summed E-state index contributed by atoms with van der Waals surface area (Å²) < 4.78 is 86.3. The van der Waals surface area contributed by atoms with Gasteiger partial charge < -0.3 is 4.74 Å². The maximum absolute atomic E-state index is 12.2. The molecule has 0 aliphatic carbocycles. The number of halogens is 3. The molecule has 0 atom stereocenters. The van der Waals surface area contributed by atoms with Crippen LogP contribution in [0.25, 0.3) is 0 Å². The summed E-state index contributed by atoms with van der Waals surface area (Å²) in [7, 11) is -11.9. The molecule has 1 aromatic rings. The van der Waals surface area contributed by atoms with Gasteiger partial charge in [0.25, 0.3) is 8.87 Å². The van der Waals surface area contributed by atoms with E-state index >= 15 is 0 Å². The summed E-state index contributed by atoms with van der Waals surface area (Å²) in [5, 5.41) is 0. The summed E-state index contributed by atoms with van der Waals surface area (Å²) in [6.45, 7) is 1.54. The van der Waals surface area contributed by atoms with E-state index in [1.165, 1.54) is 6.07 Å². The molecule has 0 bridgehead atoms.